The van der Waals surface area contributed by atoms with Crippen molar-refractivity contribution >= 4 is 0 Å². The number of hydrogen-bond acceptors (Lipinski definition) is 2. The van der Waals surface area contributed by atoms with Gasteiger partial charge in [-0.2, -0.15) is 5.26 Å². The molecule has 0 spiro atoms. The van der Waals surface area contributed by atoms with Crippen molar-refractivity contribution in [2.45, 2.75) is 104 Å². The van der Waals surface area contributed by atoms with Crippen molar-refractivity contribution in [1.82, 2.24) is 0 Å². The van der Waals surface area contributed by atoms with Gasteiger partial charge in [0.2, 0.25) is 0 Å². The maximum atomic E-state index is 10.4. The Bertz CT molecular complexity index is 806. The Balaban J connectivity index is 1.72. The summed E-state index contributed by atoms with van der Waals surface area (Å²) in [5, 5.41) is 10.4. The van der Waals surface area contributed by atoms with E-state index in [1.54, 1.807) is 0 Å². The Hall–Kier alpha value is -1.07. The third-order valence-electron chi connectivity index (χ3n) is 11.5. The molecule has 2 N–H and O–H groups in total. The van der Waals surface area contributed by atoms with Crippen LogP contribution in [0.5, 0.6) is 0 Å². The largest absolute Gasteiger partial charge is 0.324 e. The van der Waals surface area contributed by atoms with Crippen LogP contribution >= 0.6 is 0 Å². The topological polar surface area (TPSA) is 49.8 Å². The maximum Gasteiger partial charge on any atom is 0.0659 e. The van der Waals surface area contributed by atoms with Crippen molar-refractivity contribution in [3.63, 3.8) is 0 Å². The number of allylic oxidation sites excluding steroid dienone is 1. The summed E-state index contributed by atoms with van der Waals surface area (Å²) in [6.45, 7) is 20.8. The quantitative estimate of drug-likeness (QED) is 0.479. The molecule has 4 fully saturated rings. The van der Waals surface area contributed by atoms with Gasteiger partial charge >= 0.3 is 0 Å². The van der Waals surface area contributed by atoms with Crippen LogP contribution in [0.1, 0.15) is 98.8 Å². The number of hydrogen-bond donors (Lipinski definition) is 1. The lowest BCUT2D eigenvalue weighted by molar-refractivity contribution is -0.175. The van der Waals surface area contributed by atoms with E-state index in [9.17, 15) is 5.26 Å². The molecule has 9 atom stereocenters. The molecule has 2 heteroatoms. The van der Waals surface area contributed by atoms with Crippen molar-refractivity contribution in [1.29, 1.82) is 5.26 Å². The Morgan fingerprint density at radius 3 is 2.55 bits per heavy atom. The van der Waals surface area contributed by atoms with E-state index in [0.29, 0.717) is 17.8 Å². The molecule has 172 valence electrons. The summed E-state index contributed by atoms with van der Waals surface area (Å²) in [6, 6.07) is 2.81. The molecule has 4 saturated carbocycles. The Labute approximate surface area is 191 Å². The molecule has 0 amide bonds. The van der Waals surface area contributed by atoms with Gasteiger partial charge in [-0.05, 0) is 105 Å². The molecule has 0 aliphatic heterocycles. The van der Waals surface area contributed by atoms with Crippen LogP contribution in [0.2, 0.25) is 0 Å². The van der Waals surface area contributed by atoms with Gasteiger partial charge in [-0.15, -0.1) is 6.58 Å². The minimum atomic E-state index is -0.297. The van der Waals surface area contributed by atoms with Crippen LogP contribution in [0.15, 0.2) is 24.3 Å². The van der Waals surface area contributed by atoms with Crippen LogP contribution in [0, 0.1) is 57.2 Å². The summed E-state index contributed by atoms with van der Waals surface area (Å²) < 4.78 is 0. The molecule has 0 unspecified atom stereocenters. The van der Waals surface area contributed by atoms with Gasteiger partial charge in [0.1, 0.15) is 0 Å². The van der Waals surface area contributed by atoms with E-state index >= 15 is 0 Å². The van der Waals surface area contributed by atoms with Crippen LogP contribution in [0.25, 0.3) is 0 Å². The first-order valence-electron chi connectivity index (χ1n) is 12.9. The van der Waals surface area contributed by atoms with Crippen molar-refractivity contribution in [2.75, 3.05) is 0 Å². The van der Waals surface area contributed by atoms with Crippen molar-refractivity contribution in [2.24, 2.45) is 51.6 Å². The number of rotatable bonds is 4. The van der Waals surface area contributed by atoms with Gasteiger partial charge in [0, 0.05) is 5.54 Å². The molecule has 4 aliphatic rings. The molecule has 0 aromatic carbocycles. The maximum absolute atomic E-state index is 10.4. The number of nitrogens with zero attached hydrogens (tertiary/aromatic N) is 1. The van der Waals surface area contributed by atoms with Crippen molar-refractivity contribution in [3.8, 4) is 6.07 Å². The molecule has 0 bridgehead atoms. The first kappa shape index (κ1) is 23.1. The van der Waals surface area contributed by atoms with Crippen molar-refractivity contribution < 1.29 is 0 Å². The fraction of sp³-hybridized carbons (Fsp3) is 0.828. The van der Waals surface area contributed by atoms with Crippen molar-refractivity contribution in [3.05, 3.63) is 24.3 Å². The van der Waals surface area contributed by atoms with E-state index < -0.39 is 0 Å². The molecule has 0 heterocycles. The average Bonchev–Trinajstić information content (AvgIpc) is 3.01. The highest BCUT2D eigenvalue weighted by Crippen LogP contribution is 2.74. The lowest BCUT2D eigenvalue weighted by atomic mass is 9.34. The van der Waals surface area contributed by atoms with Crippen LogP contribution < -0.4 is 5.73 Å². The molecule has 2 nitrogen and oxygen atoms in total. The van der Waals surface area contributed by atoms with Gasteiger partial charge < -0.3 is 5.73 Å². The second-order valence-electron chi connectivity index (χ2n) is 13.0. The van der Waals surface area contributed by atoms with Gasteiger partial charge in [0.25, 0.3) is 0 Å². The van der Waals surface area contributed by atoms with Gasteiger partial charge in [0.15, 0.2) is 0 Å². The van der Waals surface area contributed by atoms with Gasteiger partial charge in [-0.1, -0.05) is 51.8 Å². The summed E-state index contributed by atoms with van der Waals surface area (Å²) in [6.07, 6.45) is 11.7. The lowest BCUT2D eigenvalue weighted by Gasteiger charge is -2.71. The highest BCUT2D eigenvalue weighted by molar-refractivity contribution is 5.33. The molecule has 0 aromatic heterocycles. The predicted octanol–water partition coefficient (Wildman–Crippen LogP) is 7.41. The summed E-state index contributed by atoms with van der Waals surface area (Å²) in [5.74, 6) is 2.32. The smallest absolute Gasteiger partial charge is 0.0659 e. The molecule has 0 saturated heterocycles. The third-order valence-corrected chi connectivity index (χ3v) is 11.5. The summed E-state index contributed by atoms with van der Waals surface area (Å²) >= 11 is 0. The zero-order chi connectivity index (χ0) is 22.8. The molecular formula is C29H46N2. The molecular weight excluding hydrogens is 376 g/mol. The normalized spacial score (nSPS) is 51.4. The molecule has 0 radical (unpaired) electrons. The minimum Gasteiger partial charge on any atom is -0.324 e. The van der Waals surface area contributed by atoms with Gasteiger partial charge in [-0.25, -0.2) is 0 Å². The van der Waals surface area contributed by atoms with Gasteiger partial charge in [-0.3, -0.25) is 0 Å². The molecule has 4 rings (SSSR count). The highest BCUT2D eigenvalue weighted by Gasteiger charge is 2.71. The van der Waals surface area contributed by atoms with E-state index in [1.165, 1.54) is 56.1 Å². The summed E-state index contributed by atoms with van der Waals surface area (Å²) in [4.78, 5) is 0. The predicted molar refractivity (Wildman–Crippen MR) is 130 cm³/mol. The third kappa shape index (κ3) is 3.05. The first-order valence-corrected chi connectivity index (χ1v) is 12.9. The first-order chi connectivity index (χ1) is 14.4. The van der Waals surface area contributed by atoms with Crippen LogP contribution in [0.4, 0.5) is 0 Å². The van der Waals surface area contributed by atoms with E-state index in [1.807, 2.05) is 0 Å². The Morgan fingerprint density at radius 2 is 1.90 bits per heavy atom. The molecule has 4 aliphatic carbocycles. The standard InChI is InChI=1S/C29H46N2/c1-19(2)9-8-10-23-11-12-24-25-22(18-30)17-26(5)15-20(3)13-14-27(26,6)29(25,31)16-21(4)28(23,24)7/h20,22-25H,1,4,8-17,31H2,2-3,5-7H3/t20-,22+,23+,24+,25+,26+,27+,28-,29-/m1/s1. The van der Waals surface area contributed by atoms with E-state index in [0.717, 1.165) is 25.2 Å². The highest BCUT2D eigenvalue weighted by atomic mass is 14.9. The second-order valence-corrected chi connectivity index (χ2v) is 13.0. The number of nitriles is 1. The number of fused-ring (bicyclic) bond motifs is 5. The Kier molecular flexibility index (Phi) is 5.57. The average molecular weight is 423 g/mol. The number of nitrogens with two attached hydrogens (primary N) is 1. The van der Waals surface area contributed by atoms with E-state index in [2.05, 4.69) is 47.3 Å². The van der Waals surface area contributed by atoms with Crippen LogP contribution in [0.3, 0.4) is 0 Å². The molecule has 31 heavy (non-hydrogen) atoms. The van der Waals surface area contributed by atoms with Gasteiger partial charge in [0.05, 0.1) is 12.0 Å². The zero-order valence-corrected chi connectivity index (χ0v) is 20.9. The second kappa shape index (κ2) is 7.48. The van der Waals surface area contributed by atoms with E-state index in [-0.39, 0.29) is 27.7 Å². The van der Waals surface area contributed by atoms with Crippen LogP contribution in [-0.4, -0.2) is 5.54 Å². The lowest BCUT2D eigenvalue weighted by Crippen LogP contribution is -2.74. The van der Waals surface area contributed by atoms with Crippen LogP contribution in [-0.2, 0) is 0 Å². The minimum absolute atomic E-state index is 0.0833. The summed E-state index contributed by atoms with van der Waals surface area (Å²) in [7, 11) is 0. The molecule has 0 aromatic rings. The fourth-order valence-electron chi connectivity index (χ4n) is 9.48. The fourth-order valence-corrected chi connectivity index (χ4v) is 9.48. The summed E-state index contributed by atoms with van der Waals surface area (Å²) in [5.41, 5.74) is 10.4. The zero-order valence-electron chi connectivity index (χ0n) is 20.9. The SMILES string of the molecule is C=C(C)CCC[C@H]1CC[C@H]2[C@@H]3[C@H](C#N)C[C@]4(C)C[C@H](C)CC[C@]4(C)[C@@]3(N)CC(=C)[C@]12C. The van der Waals surface area contributed by atoms with E-state index in [4.69, 9.17) is 12.3 Å². The monoisotopic (exact) mass is 422 g/mol. The Morgan fingerprint density at radius 1 is 1.19 bits per heavy atom.